The van der Waals surface area contributed by atoms with Gasteiger partial charge in [0, 0.05) is 7.05 Å². The van der Waals surface area contributed by atoms with E-state index in [1.165, 1.54) is 51.4 Å². The first-order valence-corrected chi connectivity index (χ1v) is 5.70. The van der Waals surface area contributed by atoms with Crippen molar-refractivity contribution in [2.75, 3.05) is 13.7 Å². The molecule has 0 saturated heterocycles. The minimum atomic E-state index is 0.853. The van der Waals surface area contributed by atoms with Gasteiger partial charge in [-0.2, -0.15) is 0 Å². The van der Waals surface area contributed by atoms with Gasteiger partial charge < -0.3 is 4.84 Å². The molecular weight excluding hydrogens is 162 g/mol. The van der Waals surface area contributed by atoms with Crippen molar-refractivity contribution in [3.8, 4) is 0 Å². The molecule has 0 rings (SSSR count). The van der Waals surface area contributed by atoms with E-state index in [2.05, 4.69) is 12.4 Å². The third-order valence-corrected chi connectivity index (χ3v) is 2.24. The normalized spacial score (nSPS) is 10.6. The Morgan fingerprint density at radius 1 is 0.846 bits per heavy atom. The second-order valence-electron chi connectivity index (χ2n) is 3.53. The fourth-order valence-corrected chi connectivity index (χ4v) is 1.41. The molecule has 0 atom stereocenters. The maximum atomic E-state index is 5.03. The molecule has 0 saturated carbocycles. The average molecular weight is 187 g/mol. The lowest BCUT2D eigenvalue weighted by Gasteiger charge is -2.01. The van der Waals surface area contributed by atoms with E-state index in [1.54, 1.807) is 0 Å². The maximum Gasteiger partial charge on any atom is 0.0682 e. The highest BCUT2D eigenvalue weighted by Gasteiger charge is 1.90. The van der Waals surface area contributed by atoms with Crippen LogP contribution in [0.25, 0.3) is 0 Å². The smallest absolute Gasteiger partial charge is 0.0682 e. The van der Waals surface area contributed by atoms with Gasteiger partial charge in [-0.25, -0.2) is 5.48 Å². The minimum absolute atomic E-state index is 0.853. The zero-order chi connectivity index (χ0) is 9.78. The monoisotopic (exact) mass is 187 g/mol. The number of hydrogen-bond donors (Lipinski definition) is 1. The summed E-state index contributed by atoms with van der Waals surface area (Å²) in [6.07, 6.45) is 10.9. The molecule has 0 radical (unpaired) electrons. The molecule has 80 valence electrons. The van der Waals surface area contributed by atoms with E-state index in [9.17, 15) is 0 Å². The average Bonchev–Trinajstić information content (AvgIpc) is 2.16. The molecule has 0 fully saturated rings. The Hall–Kier alpha value is -0.0800. The Kier molecular flexibility index (Phi) is 11.8. The second-order valence-corrected chi connectivity index (χ2v) is 3.53. The summed E-state index contributed by atoms with van der Waals surface area (Å²) >= 11 is 0. The van der Waals surface area contributed by atoms with Crippen LogP contribution in [-0.4, -0.2) is 13.7 Å². The quantitative estimate of drug-likeness (QED) is 0.418. The summed E-state index contributed by atoms with van der Waals surface area (Å²) in [5, 5.41) is 0. The summed E-state index contributed by atoms with van der Waals surface area (Å²) in [4.78, 5) is 5.03. The molecule has 1 N–H and O–H groups in total. The van der Waals surface area contributed by atoms with Crippen LogP contribution in [0, 0.1) is 0 Å². The van der Waals surface area contributed by atoms with Gasteiger partial charge in [-0.1, -0.05) is 51.9 Å². The summed E-state index contributed by atoms with van der Waals surface area (Å²) < 4.78 is 0. The Morgan fingerprint density at radius 3 is 1.92 bits per heavy atom. The van der Waals surface area contributed by atoms with Crippen LogP contribution >= 0.6 is 0 Å². The van der Waals surface area contributed by atoms with Gasteiger partial charge in [0.1, 0.15) is 0 Å². The van der Waals surface area contributed by atoms with Crippen molar-refractivity contribution in [1.82, 2.24) is 5.48 Å². The van der Waals surface area contributed by atoms with Crippen LogP contribution in [0.15, 0.2) is 0 Å². The van der Waals surface area contributed by atoms with E-state index < -0.39 is 0 Å². The van der Waals surface area contributed by atoms with Crippen LogP contribution < -0.4 is 5.48 Å². The third kappa shape index (κ3) is 11.9. The van der Waals surface area contributed by atoms with Crippen molar-refractivity contribution in [3.05, 3.63) is 0 Å². The summed E-state index contributed by atoms with van der Waals surface area (Å²) in [6.45, 7) is 3.11. The van der Waals surface area contributed by atoms with Crippen molar-refractivity contribution in [3.63, 3.8) is 0 Å². The molecule has 0 aromatic rings. The molecule has 0 bridgehead atoms. The lowest BCUT2D eigenvalue weighted by molar-refractivity contribution is 0.0550. The van der Waals surface area contributed by atoms with Crippen LogP contribution in [0.5, 0.6) is 0 Å². The molecule has 2 heteroatoms. The van der Waals surface area contributed by atoms with Gasteiger partial charge >= 0.3 is 0 Å². The van der Waals surface area contributed by atoms with Crippen molar-refractivity contribution in [2.45, 2.75) is 58.3 Å². The SMILES string of the molecule is CCCCCCCCCCONC. The molecule has 0 aliphatic rings. The van der Waals surface area contributed by atoms with E-state index in [4.69, 9.17) is 4.84 Å². The topological polar surface area (TPSA) is 21.3 Å². The highest BCUT2D eigenvalue weighted by molar-refractivity contribution is 4.45. The summed E-state index contributed by atoms with van der Waals surface area (Å²) in [6, 6.07) is 0. The lowest BCUT2D eigenvalue weighted by Crippen LogP contribution is -2.07. The largest absolute Gasteiger partial charge is 0.302 e. The van der Waals surface area contributed by atoms with Crippen molar-refractivity contribution < 1.29 is 4.84 Å². The number of hydroxylamine groups is 1. The Morgan fingerprint density at radius 2 is 1.38 bits per heavy atom. The molecule has 0 aliphatic carbocycles. The molecule has 2 nitrogen and oxygen atoms in total. The van der Waals surface area contributed by atoms with Gasteiger partial charge in [0.15, 0.2) is 0 Å². The first-order chi connectivity index (χ1) is 6.41. The van der Waals surface area contributed by atoms with Gasteiger partial charge in [0.05, 0.1) is 6.61 Å². The standard InChI is InChI=1S/C11H25NO/c1-3-4-5-6-7-8-9-10-11-13-12-2/h12H,3-11H2,1-2H3. The maximum absolute atomic E-state index is 5.03. The number of hydrogen-bond acceptors (Lipinski definition) is 2. The fraction of sp³-hybridized carbons (Fsp3) is 1.00. The van der Waals surface area contributed by atoms with E-state index in [0.29, 0.717) is 0 Å². The first-order valence-electron chi connectivity index (χ1n) is 5.70. The number of nitrogens with one attached hydrogen (secondary N) is 1. The molecule has 0 amide bonds. The van der Waals surface area contributed by atoms with Crippen LogP contribution in [-0.2, 0) is 4.84 Å². The van der Waals surface area contributed by atoms with E-state index in [-0.39, 0.29) is 0 Å². The Balaban J connectivity index is 2.76. The molecule has 0 aliphatic heterocycles. The molecule has 13 heavy (non-hydrogen) atoms. The van der Waals surface area contributed by atoms with Crippen LogP contribution in [0.2, 0.25) is 0 Å². The van der Waals surface area contributed by atoms with E-state index >= 15 is 0 Å². The predicted molar refractivity (Wildman–Crippen MR) is 57.6 cm³/mol. The van der Waals surface area contributed by atoms with Gasteiger partial charge in [-0.15, -0.1) is 0 Å². The molecule has 0 unspecified atom stereocenters. The van der Waals surface area contributed by atoms with E-state index in [1.807, 2.05) is 7.05 Å². The zero-order valence-corrected chi connectivity index (χ0v) is 9.27. The van der Waals surface area contributed by atoms with Crippen LogP contribution in [0.1, 0.15) is 58.3 Å². The number of unbranched alkanes of at least 4 members (excludes halogenated alkanes) is 7. The van der Waals surface area contributed by atoms with Crippen molar-refractivity contribution >= 4 is 0 Å². The summed E-state index contributed by atoms with van der Waals surface area (Å²) in [5.74, 6) is 0. The Bertz CT molecular complexity index is 76.2. The van der Waals surface area contributed by atoms with Gasteiger partial charge in [-0.3, -0.25) is 0 Å². The molecule has 0 spiro atoms. The van der Waals surface area contributed by atoms with Gasteiger partial charge in [-0.05, 0) is 6.42 Å². The van der Waals surface area contributed by atoms with Crippen molar-refractivity contribution in [2.24, 2.45) is 0 Å². The van der Waals surface area contributed by atoms with Gasteiger partial charge in [0.25, 0.3) is 0 Å². The first kappa shape index (κ1) is 12.9. The second kappa shape index (κ2) is 11.9. The van der Waals surface area contributed by atoms with Crippen LogP contribution in [0.3, 0.4) is 0 Å². The predicted octanol–water partition coefficient (Wildman–Crippen LogP) is 3.28. The third-order valence-electron chi connectivity index (χ3n) is 2.24. The fourth-order valence-electron chi connectivity index (χ4n) is 1.41. The molecule has 0 aromatic heterocycles. The molecular formula is C11H25NO. The molecule has 0 heterocycles. The van der Waals surface area contributed by atoms with Gasteiger partial charge in [0.2, 0.25) is 0 Å². The molecule has 0 aromatic carbocycles. The number of rotatable bonds is 10. The van der Waals surface area contributed by atoms with Crippen LogP contribution in [0.4, 0.5) is 0 Å². The zero-order valence-electron chi connectivity index (χ0n) is 9.27. The minimum Gasteiger partial charge on any atom is -0.302 e. The van der Waals surface area contributed by atoms with Crippen molar-refractivity contribution in [1.29, 1.82) is 0 Å². The summed E-state index contributed by atoms with van der Waals surface area (Å²) in [5.41, 5.74) is 2.69. The Labute approximate surface area is 83.0 Å². The summed E-state index contributed by atoms with van der Waals surface area (Å²) in [7, 11) is 1.81. The van der Waals surface area contributed by atoms with E-state index in [0.717, 1.165) is 6.61 Å². The highest BCUT2D eigenvalue weighted by Crippen LogP contribution is 2.07. The lowest BCUT2D eigenvalue weighted by atomic mass is 10.1. The highest BCUT2D eigenvalue weighted by atomic mass is 16.6.